The van der Waals surface area contributed by atoms with E-state index in [9.17, 15) is 18.0 Å². The summed E-state index contributed by atoms with van der Waals surface area (Å²) in [5, 5.41) is 8.44. The Bertz CT molecular complexity index is 769. The molecule has 1 atom stereocenters. The molecule has 3 amide bonds. The Morgan fingerprint density at radius 1 is 0.852 bits per heavy atom. The molecule has 8 heteroatoms. The van der Waals surface area contributed by atoms with Gasteiger partial charge in [0.1, 0.15) is 0 Å². The van der Waals surface area contributed by atoms with Crippen molar-refractivity contribution >= 4 is 27.5 Å². The first-order valence-electron chi connectivity index (χ1n) is 9.60. The van der Waals surface area contributed by atoms with Crippen molar-refractivity contribution in [2.45, 2.75) is 57.0 Å². The molecule has 1 aromatic carbocycles. The predicted octanol–water partition coefficient (Wildman–Crippen LogP) is 2.45. The van der Waals surface area contributed by atoms with Gasteiger partial charge in [-0.15, -0.1) is 0 Å². The summed E-state index contributed by atoms with van der Waals surface area (Å²) in [5.41, 5.74) is 1.12. The Labute approximate surface area is 160 Å². The highest BCUT2D eigenvalue weighted by Crippen LogP contribution is 2.18. The van der Waals surface area contributed by atoms with Crippen molar-refractivity contribution in [2.24, 2.45) is 0 Å². The van der Waals surface area contributed by atoms with Crippen LogP contribution in [0, 0.1) is 0 Å². The number of urea groups is 1. The van der Waals surface area contributed by atoms with E-state index in [0.29, 0.717) is 17.7 Å². The van der Waals surface area contributed by atoms with Gasteiger partial charge in [0.05, 0.1) is 11.5 Å². The van der Waals surface area contributed by atoms with E-state index in [2.05, 4.69) is 16.0 Å². The maximum Gasteiger partial charge on any atom is 0.319 e. The van der Waals surface area contributed by atoms with Crippen molar-refractivity contribution in [3.63, 3.8) is 0 Å². The minimum atomic E-state index is -3.03. The van der Waals surface area contributed by atoms with Crippen molar-refractivity contribution in [3.05, 3.63) is 29.8 Å². The molecule has 0 spiro atoms. The lowest BCUT2D eigenvalue weighted by Crippen LogP contribution is -2.38. The number of nitrogens with one attached hydrogen (secondary N) is 3. The van der Waals surface area contributed by atoms with Crippen LogP contribution in [0.5, 0.6) is 0 Å². The first-order valence-corrected chi connectivity index (χ1v) is 11.4. The number of hydrogen-bond donors (Lipinski definition) is 3. The molecule has 1 saturated carbocycles. The normalized spacial score (nSPS) is 22.6. The molecule has 0 radical (unpaired) electrons. The number of rotatable bonds is 4. The highest BCUT2D eigenvalue weighted by atomic mass is 32.2. The molecule has 3 N–H and O–H groups in total. The van der Waals surface area contributed by atoms with Crippen LogP contribution in [-0.4, -0.2) is 43.9 Å². The molecule has 1 aliphatic carbocycles. The topological polar surface area (TPSA) is 104 Å². The molecule has 0 aromatic heterocycles. The fourth-order valence-corrected chi connectivity index (χ4v) is 5.33. The van der Waals surface area contributed by atoms with Crippen LogP contribution in [0.4, 0.5) is 10.5 Å². The van der Waals surface area contributed by atoms with Crippen LogP contribution in [0.15, 0.2) is 24.3 Å². The third-order valence-electron chi connectivity index (χ3n) is 5.16. The van der Waals surface area contributed by atoms with Gasteiger partial charge in [-0.2, -0.15) is 0 Å². The van der Waals surface area contributed by atoms with E-state index in [4.69, 9.17) is 0 Å². The Morgan fingerprint density at radius 2 is 1.52 bits per heavy atom. The van der Waals surface area contributed by atoms with Gasteiger partial charge in [-0.1, -0.05) is 25.7 Å². The number of carbonyl (C=O) groups excluding carboxylic acids is 2. The van der Waals surface area contributed by atoms with Gasteiger partial charge in [-0.3, -0.25) is 4.79 Å². The molecular formula is C19H27N3O4S. The lowest BCUT2D eigenvalue weighted by molar-refractivity contribution is 0.0933. The molecule has 1 aromatic rings. The molecule has 1 aliphatic heterocycles. The van der Waals surface area contributed by atoms with Crippen molar-refractivity contribution in [1.82, 2.24) is 10.6 Å². The molecule has 2 fully saturated rings. The Hall–Kier alpha value is -2.09. The average Bonchev–Trinajstić information content (AvgIpc) is 2.81. The van der Waals surface area contributed by atoms with Crippen molar-refractivity contribution in [1.29, 1.82) is 0 Å². The second kappa shape index (κ2) is 8.73. The van der Waals surface area contributed by atoms with Gasteiger partial charge in [-0.25, -0.2) is 13.2 Å². The molecule has 7 nitrogen and oxygen atoms in total. The smallest absolute Gasteiger partial charge is 0.319 e. The lowest BCUT2D eigenvalue weighted by atomic mass is 10.1. The van der Waals surface area contributed by atoms with Crippen molar-refractivity contribution in [2.75, 3.05) is 16.8 Å². The van der Waals surface area contributed by atoms with Crippen molar-refractivity contribution in [3.8, 4) is 0 Å². The summed E-state index contributed by atoms with van der Waals surface area (Å²) in [6.07, 6.45) is 7.29. The van der Waals surface area contributed by atoms with E-state index in [-0.39, 0.29) is 29.5 Å². The third kappa shape index (κ3) is 5.95. The molecule has 1 saturated heterocycles. The maximum atomic E-state index is 12.4. The molecule has 0 unspecified atom stereocenters. The summed E-state index contributed by atoms with van der Waals surface area (Å²) >= 11 is 0. The second-order valence-electron chi connectivity index (χ2n) is 7.44. The van der Waals surface area contributed by atoms with Gasteiger partial charge in [-0.05, 0) is 43.5 Å². The fraction of sp³-hybridized carbons (Fsp3) is 0.579. The van der Waals surface area contributed by atoms with Gasteiger partial charge < -0.3 is 16.0 Å². The van der Waals surface area contributed by atoms with Gasteiger partial charge in [0.25, 0.3) is 5.91 Å². The van der Waals surface area contributed by atoms with E-state index in [1.54, 1.807) is 24.3 Å². The lowest BCUT2D eigenvalue weighted by Gasteiger charge is -2.16. The maximum absolute atomic E-state index is 12.4. The number of anilines is 1. The Balaban J connectivity index is 1.49. The monoisotopic (exact) mass is 393 g/mol. The van der Waals surface area contributed by atoms with Crippen LogP contribution < -0.4 is 16.0 Å². The van der Waals surface area contributed by atoms with E-state index in [0.717, 1.165) is 25.7 Å². The van der Waals surface area contributed by atoms with Crippen LogP contribution in [-0.2, 0) is 9.84 Å². The van der Waals surface area contributed by atoms with Crippen LogP contribution in [0.3, 0.4) is 0 Å². The molecule has 148 valence electrons. The minimum absolute atomic E-state index is 0.0132. The average molecular weight is 394 g/mol. The van der Waals surface area contributed by atoms with Crippen LogP contribution >= 0.6 is 0 Å². The largest absolute Gasteiger partial charge is 0.349 e. The SMILES string of the molecule is O=C(Nc1ccc(C(=O)NC2CCCCCC2)cc1)N[C@@H]1CCS(=O)(=O)C1. The summed E-state index contributed by atoms with van der Waals surface area (Å²) in [5.74, 6) is 0.0118. The molecule has 27 heavy (non-hydrogen) atoms. The molecular weight excluding hydrogens is 366 g/mol. The van der Waals surface area contributed by atoms with Gasteiger partial charge in [0, 0.05) is 23.3 Å². The molecule has 0 bridgehead atoms. The Morgan fingerprint density at radius 3 is 2.11 bits per heavy atom. The predicted molar refractivity (Wildman–Crippen MR) is 105 cm³/mol. The zero-order chi connectivity index (χ0) is 19.3. The highest BCUT2D eigenvalue weighted by Gasteiger charge is 2.28. The quantitative estimate of drug-likeness (QED) is 0.684. The summed E-state index contributed by atoms with van der Waals surface area (Å²) < 4.78 is 22.9. The summed E-state index contributed by atoms with van der Waals surface area (Å²) in [7, 11) is -3.03. The Kier molecular flexibility index (Phi) is 6.36. The molecule has 3 rings (SSSR count). The first-order chi connectivity index (χ1) is 12.9. The van der Waals surface area contributed by atoms with E-state index < -0.39 is 15.9 Å². The molecule has 2 aliphatic rings. The number of carbonyl (C=O) groups is 2. The number of benzene rings is 1. The van der Waals surface area contributed by atoms with Gasteiger partial charge in [0.2, 0.25) is 0 Å². The van der Waals surface area contributed by atoms with E-state index in [1.165, 1.54) is 12.8 Å². The third-order valence-corrected chi connectivity index (χ3v) is 6.93. The summed E-state index contributed by atoms with van der Waals surface area (Å²) in [6, 6.07) is 6.17. The minimum Gasteiger partial charge on any atom is -0.349 e. The molecule has 1 heterocycles. The van der Waals surface area contributed by atoms with Crippen LogP contribution in [0.1, 0.15) is 55.3 Å². The van der Waals surface area contributed by atoms with Crippen LogP contribution in [0.2, 0.25) is 0 Å². The first kappa shape index (κ1) is 19.7. The summed E-state index contributed by atoms with van der Waals surface area (Å²) in [6.45, 7) is 0. The second-order valence-corrected chi connectivity index (χ2v) is 9.67. The zero-order valence-corrected chi connectivity index (χ0v) is 16.2. The van der Waals surface area contributed by atoms with E-state index >= 15 is 0 Å². The van der Waals surface area contributed by atoms with E-state index in [1.807, 2.05) is 0 Å². The number of amides is 3. The fourth-order valence-electron chi connectivity index (χ4n) is 3.66. The standard InChI is InChI=1S/C19H27N3O4S/c23-18(20-15-5-3-1-2-4-6-15)14-7-9-16(10-8-14)21-19(24)22-17-11-12-27(25,26)13-17/h7-10,15,17H,1-6,11-13H2,(H,20,23)(H2,21,22,24)/t17-/m1/s1. The van der Waals surface area contributed by atoms with Crippen molar-refractivity contribution < 1.29 is 18.0 Å². The highest BCUT2D eigenvalue weighted by molar-refractivity contribution is 7.91. The summed E-state index contributed by atoms with van der Waals surface area (Å²) in [4.78, 5) is 24.4. The van der Waals surface area contributed by atoms with Crippen LogP contribution in [0.25, 0.3) is 0 Å². The number of hydrogen-bond acceptors (Lipinski definition) is 4. The van der Waals surface area contributed by atoms with Gasteiger partial charge in [0.15, 0.2) is 9.84 Å². The zero-order valence-electron chi connectivity index (χ0n) is 15.4. The van der Waals surface area contributed by atoms with Gasteiger partial charge >= 0.3 is 6.03 Å². The number of sulfone groups is 1.